The molecule has 0 saturated heterocycles. The molecule has 31 heavy (non-hydrogen) atoms. The molecule has 0 unspecified atom stereocenters. The number of pyridine rings is 1. The zero-order valence-electron chi connectivity index (χ0n) is 17.9. The average molecular weight is 418 g/mol. The summed E-state index contributed by atoms with van der Waals surface area (Å²) in [5.41, 5.74) is 2.56. The van der Waals surface area contributed by atoms with Crippen LogP contribution in [0.25, 0.3) is 0 Å². The van der Waals surface area contributed by atoms with Crippen LogP contribution in [-0.2, 0) is 11.3 Å². The Balaban J connectivity index is 1.93. The number of carbonyl (C=O) groups excluding carboxylic acids is 2. The van der Waals surface area contributed by atoms with Gasteiger partial charge < -0.3 is 14.4 Å². The highest BCUT2D eigenvalue weighted by molar-refractivity contribution is 6.06. The maximum atomic E-state index is 13.5. The minimum atomic E-state index is -0.389. The van der Waals surface area contributed by atoms with E-state index in [2.05, 4.69) is 4.98 Å². The highest BCUT2D eigenvalue weighted by Gasteiger charge is 2.20. The topological polar surface area (TPSA) is 68.7 Å². The van der Waals surface area contributed by atoms with Crippen LogP contribution in [0, 0.1) is 0 Å². The van der Waals surface area contributed by atoms with Gasteiger partial charge in [-0.3, -0.25) is 9.78 Å². The van der Waals surface area contributed by atoms with Gasteiger partial charge in [-0.25, -0.2) is 4.79 Å². The Labute approximate surface area is 182 Å². The molecule has 0 bridgehead atoms. The molecule has 0 fully saturated rings. The van der Waals surface area contributed by atoms with Crippen molar-refractivity contribution in [2.45, 2.75) is 33.4 Å². The fraction of sp³-hybridized carbons (Fsp3) is 0.240. The van der Waals surface area contributed by atoms with Gasteiger partial charge in [-0.1, -0.05) is 6.07 Å². The molecule has 160 valence electrons. The maximum Gasteiger partial charge on any atom is 0.338 e. The molecular formula is C25H26N2O4. The molecule has 0 atom stereocenters. The van der Waals surface area contributed by atoms with Crippen molar-refractivity contribution < 1.29 is 19.1 Å². The van der Waals surface area contributed by atoms with Crippen LogP contribution in [0.2, 0.25) is 0 Å². The summed E-state index contributed by atoms with van der Waals surface area (Å²) in [7, 11) is 0. The number of benzene rings is 2. The lowest BCUT2D eigenvalue weighted by atomic mass is 10.1. The standard InChI is InChI=1S/C25H26N2O4/c1-4-30-25(29)20-8-10-22(11-9-20)27(17-19-12-14-26-15-13-19)24(28)21-6-5-7-23(16-21)31-18(2)3/h5-16,18H,4,17H2,1-3H3. The minimum absolute atomic E-state index is 0.00805. The summed E-state index contributed by atoms with van der Waals surface area (Å²) in [6.45, 7) is 6.31. The third-order valence-electron chi connectivity index (χ3n) is 4.48. The summed E-state index contributed by atoms with van der Waals surface area (Å²) in [4.78, 5) is 31.2. The molecule has 3 rings (SSSR count). The summed E-state index contributed by atoms with van der Waals surface area (Å²) in [5.74, 6) is 0.0804. The number of carbonyl (C=O) groups is 2. The van der Waals surface area contributed by atoms with E-state index in [1.54, 1.807) is 66.7 Å². The molecule has 0 aliphatic rings. The second-order valence-electron chi connectivity index (χ2n) is 7.21. The Kier molecular flexibility index (Phi) is 7.38. The van der Waals surface area contributed by atoms with Crippen molar-refractivity contribution in [2.75, 3.05) is 11.5 Å². The lowest BCUT2D eigenvalue weighted by molar-refractivity contribution is 0.0526. The van der Waals surface area contributed by atoms with Gasteiger partial charge in [-0.15, -0.1) is 0 Å². The van der Waals surface area contributed by atoms with Crippen LogP contribution < -0.4 is 9.64 Å². The second-order valence-corrected chi connectivity index (χ2v) is 7.21. The Morgan fingerprint density at radius 1 is 0.968 bits per heavy atom. The zero-order valence-corrected chi connectivity index (χ0v) is 17.9. The molecule has 0 radical (unpaired) electrons. The first-order valence-electron chi connectivity index (χ1n) is 10.2. The van der Waals surface area contributed by atoms with E-state index in [4.69, 9.17) is 9.47 Å². The first kappa shape index (κ1) is 22.0. The van der Waals surface area contributed by atoms with Crippen LogP contribution in [0.1, 0.15) is 47.1 Å². The monoisotopic (exact) mass is 418 g/mol. The molecule has 6 heteroatoms. The second kappa shape index (κ2) is 10.4. The van der Waals surface area contributed by atoms with Crippen molar-refractivity contribution in [3.05, 3.63) is 89.7 Å². The van der Waals surface area contributed by atoms with Gasteiger partial charge in [0.05, 0.1) is 24.8 Å². The first-order chi connectivity index (χ1) is 15.0. The first-order valence-corrected chi connectivity index (χ1v) is 10.2. The van der Waals surface area contributed by atoms with Gasteiger partial charge in [0.1, 0.15) is 5.75 Å². The van der Waals surface area contributed by atoms with Gasteiger partial charge in [0, 0.05) is 23.6 Å². The predicted molar refractivity (Wildman–Crippen MR) is 119 cm³/mol. The lowest BCUT2D eigenvalue weighted by Gasteiger charge is -2.24. The third-order valence-corrected chi connectivity index (χ3v) is 4.48. The number of rotatable bonds is 8. The van der Waals surface area contributed by atoms with Crippen molar-refractivity contribution in [3.8, 4) is 5.75 Å². The average Bonchev–Trinajstić information content (AvgIpc) is 2.78. The summed E-state index contributed by atoms with van der Waals surface area (Å²) in [6.07, 6.45) is 3.39. The van der Waals surface area contributed by atoms with Gasteiger partial charge in [0.2, 0.25) is 0 Å². The molecule has 6 nitrogen and oxygen atoms in total. The van der Waals surface area contributed by atoms with E-state index in [0.29, 0.717) is 35.7 Å². The van der Waals surface area contributed by atoms with E-state index in [1.165, 1.54) is 0 Å². The molecule has 1 heterocycles. The molecule has 1 aromatic heterocycles. The predicted octanol–water partition coefficient (Wildman–Crippen LogP) is 4.89. The number of ether oxygens (including phenoxy) is 2. The molecule has 0 spiro atoms. The minimum Gasteiger partial charge on any atom is -0.491 e. The molecule has 2 aromatic carbocycles. The van der Waals surface area contributed by atoms with Gasteiger partial charge in [-0.2, -0.15) is 0 Å². The molecule has 0 aliphatic carbocycles. The molecule has 1 amide bonds. The van der Waals surface area contributed by atoms with E-state index in [0.717, 1.165) is 5.56 Å². The van der Waals surface area contributed by atoms with Gasteiger partial charge >= 0.3 is 5.97 Å². The molecule has 0 saturated carbocycles. The summed E-state index contributed by atoms with van der Waals surface area (Å²) < 4.78 is 10.8. The quantitative estimate of drug-likeness (QED) is 0.487. The highest BCUT2D eigenvalue weighted by Crippen LogP contribution is 2.23. The number of aromatic nitrogens is 1. The van der Waals surface area contributed by atoms with Gasteiger partial charge in [0.15, 0.2) is 0 Å². The Bertz CT molecular complexity index is 1020. The SMILES string of the molecule is CCOC(=O)c1ccc(N(Cc2ccncc2)C(=O)c2cccc(OC(C)C)c2)cc1. The van der Waals surface area contributed by atoms with Crippen molar-refractivity contribution in [1.82, 2.24) is 4.98 Å². The van der Waals surface area contributed by atoms with E-state index in [9.17, 15) is 9.59 Å². The molecule has 0 aliphatic heterocycles. The number of amides is 1. The van der Waals surface area contributed by atoms with E-state index >= 15 is 0 Å². The van der Waals surface area contributed by atoms with Crippen LogP contribution in [0.5, 0.6) is 5.75 Å². The number of nitrogens with zero attached hydrogens (tertiary/aromatic N) is 2. The van der Waals surface area contributed by atoms with Crippen LogP contribution in [0.15, 0.2) is 73.1 Å². The summed E-state index contributed by atoms with van der Waals surface area (Å²) in [6, 6.07) is 17.7. The maximum absolute atomic E-state index is 13.5. The molecule has 3 aromatic rings. The van der Waals surface area contributed by atoms with Crippen molar-refractivity contribution in [3.63, 3.8) is 0 Å². The van der Waals surface area contributed by atoms with Crippen LogP contribution in [0.4, 0.5) is 5.69 Å². The Hall–Kier alpha value is -3.67. The Morgan fingerprint density at radius 3 is 2.32 bits per heavy atom. The van der Waals surface area contributed by atoms with E-state index < -0.39 is 0 Å². The number of hydrogen-bond acceptors (Lipinski definition) is 5. The highest BCUT2D eigenvalue weighted by atomic mass is 16.5. The van der Waals surface area contributed by atoms with Crippen molar-refractivity contribution in [2.24, 2.45) is 0 Å². The summed E-state index contributed by atoms with van der Waals surface area (Å²) in [5, 5.41) is 0. The number of anilines is 1. The van der Waals surface area contributed by atoms with Crippen LogP contribution >= 0.6 is 0 Å². The normalized spacial score (nSPS) is 10.6. The van der Waals surface area contributed by atoms with Crippen molar-refractivity contribution in [1.29, 1.82) is 0 Å². The Morgan fingerprint density at radius 2 is 1.68 bits per heavy atom. The van der Waals surface area contributed by atoms with Crippen LogP contribution in [0.3, 0.4) is 0 Å². The van der Waals surface area contributed by atoms with Crippen LogP contribution in [-0.4, -0.2) is 29.6 Å². The lowest BCUT2D eigenvalue weighted by Crippen LogP contribution is -2.30. The summed E-state index contributed by atoms with van der Waals surface area (Å²) >= 11 is 0. The van der Waals surface area contributed by atoms with E-state index in [-0.39, 0.29) is 18.0 Å². The van der Waals surface area contributed by atoms with Crippen molar-refractivity contribution >= 4 is 17.6 Å². The third kappa shape index (κ3) is 5.92. The zero-order chi connectivity index (χ0) is 22.2. The molecular weight excluding hydrogens is 392 g/mol. The largest absolute Gasteiger partial charge is 0.491 e. The smallest absolute Gasteiger partial charge is 0.338 e. The van der Waals surface area contributed by atoms with Gasteiger partial charge in [0.25, 0.3) is 5.91 Å². The van der Waals surface area contributed by atoms with Gasteiger partial charge in [-0.05, 0) is 80.9 Å². The fourth-order valence-electron chi connectivity index (χ4n) is 3.07. The van der Waals surface area contributed by atoms with E-state index in [1.807, 2.05) is 32.0 Å². The molecule has 0 N–H and O–H groups in total. The number of esters is 1. The fourth-order valence-corrected chi connectivity index (χ4v) is 3.07. The number of hydrogen-bond donors (Lipinski definition) is 0.